The van der Waals surface area contributed by atoms with Crippen LogP contribution in [0.5, 0.6) is 0 Å². The Morgan fingerprint density at radius 2 is 1.71 bits per heavy atom. The number of hydrogen-bond acceptors (Lipinski definition) is 5. The Bertz CT molecular complexity index is 1320. The topological polar surface area (TPSA) is 87.1 Å². The number of pyridine rings is 1. The van der Waals surface area contributed by atoms with Gasteiger partial charge in [-0.1, -0.05) is 17.8 Å². The first kappa shape index (κ1) is 22.1. The van der Waals surface area contributed by atoms with Crippen molar-refractivity contribution >= 4 is 40.5 Å². The Kier molecular flexibility index (Phi) is 6.04. The van der Waals surface area contributed by atoms with Gasteiger partial charge in [0.1, 0.15) is 6.04 Å². The van der Waals surface area contributed by atoms with Crippen molar-refractivity contribution in [2.45, 2.75) is 28.8 Å². The molecule has 2 atom stereocenters. The van der Waals surface area contributed by atoms with E-state index in [1.54, 1.807) is 30.1 Å². The number of anilines is 1. The maximum absolute atomic E-state index is 10.9. The minimum absolute atomic E-state index is 0.0794. The molecule has 0 spiro atoms. The number of thiocarbonyl (C=S) groups is 1. The Labute approximate surface area is 206 Å². The van der Waals surface area contributed by atoms with Crippen LogP contribution in [0.1, 0.15) is 29.2 Å². The number of rotatable bonds is 6. The molecule has 7 nitrogen and oxygen atoms in total. The largest absolute Gasteiger partial charge is 0.361 e. The van der Waals surface area contributed by atoms with E-state index in [2.05, 4.69) is 32.3 Å². The second kappa shape index (κ2) is 9.28. The van der Waals surface area contributed by atoms with E-state index in [1.165, 1.54) is 12.1 Å². The molecule has 9 heteroatoms. The van der Waals surface area contributed by atoms with E-state index in [1.807, 2.05) is 49.4 Å². The molecule has 1 fully saturated rings. The van der Waals surface area contributed by atoms with Gasteiger partial charge in [0.25, 0.3) is 5.69 Å². The van der Waals surface area contributed by atoms with Crippen molar-refractivity contribution in [2.75, 3.05) is 4.90 Å². The highest BCUT2D eigenvalue weighted by atomic mass is 32.2. The molecule has 5 rings (SSSR count). The van der Waals surface area contributed by atoms with E-state index in [9.17, 15) is 10.1 Å². The number of H-pyrrole nitrogens is 1. The maximum Gasteiger partial charge on any atom is 0.269 e. The van der Waals surface area contributed by atoms with Gasteiger partial charge in [0.15, 0.2) is 5.11 Å². The van der Waals surface area contributed by atoms with Crippen LogP contribution in [0.15, 0.2) is 94.9 Å². The van der Waals surface area contributed by atoms with Crippen molar-refractivity contribution < 1.29 is 4.92 Å². The van der Waals surface area contributed by atoms with E-state index < -0.39 is 4.92 Å². The molecular formula is C25H21N5O2S2. The first-order chi connectivity index (χ1) is 16.5. The summed E-state index contributed by atoms with van der Waals surface area (Å²) >= 11 is 7.32. The van der Waals surface area contributed by atoms with E-state index >= 15 is 0 Å². The number of nitro benzene ring substituents is 1. The lowest BCUT2D eigenvalue weighted by atomic mass is 10.0. The summed E-state index contributed by atoms with van der Waals surface area (Å²) in [7, 11) is 0. The molecule has 2 N–H and O–H groups in total. The number of aromatic nitrogens is 2. The van der Waals surface area contributed by atoms with Crippen LogP contribution in [0.3, 0.4) is 0 Å². The molecule has 3 heterocycles. The van der Waals surface area contributed by atoms with Gasteiger partial charge in [0, 0.05) is 45.2 Å². The second-order valence-corrected chi connectivity index (χ2v) is 9.47. The number of aryl methyl sites for hydroxylation is 1. The van der Waals surface area contributed by atoms with Crippen LogP contribution in [-0.4, -0.2) is 20.0 Å². The van der Waals surface area contributed by atoms with Crippen molar-refractivity contribution in [1.29, 1.82) is 0 Å². The molecule has 1 saturated heterocycles. The first-order valence-electron chi connectivity index (χ1n) is 10.7. The van der Waals surface area contributed by atoms with Gasteiger partial charge < -0.3 is 15.2 Å². The molecule has 0 saturated carbocycles. The third-order valence-electron chi connectivity index (χ3n) is 5.67. The molecule has 0 unspecified atom stereocenters. The van der Waals surface area contributed by atoms with E-state index in [0.717, 1.165) is 32.6 Å². The standard InChI is InChI=1S/C25H21N5O2S2/c1-16-5-14-22(27-16)24-23(21-4-2-3-15-26-21)28-25(33)29(24)17-6-10-19(11-7-17)34-20-12-8-18(9-13-20)30(31)32/h2-15,23-24,27H,1H3,(H,28,33)/t23-,24+/m0/s1. The lowest BCUT2D eigenvalue weighted by Crippen LogP contribution is -2.29. The third-order valence-corrected chi connectivity index (χ3v) is 7.00. The van der Waals surface area contributed by atoms with Crippen LogP contribution >= 0.6 is 24.0 Å². The summed E-state index contributed by atoms with van der Waals surface area (Å²) in [6, 6.07) is 24.6. The second-order valence-electron chi connectivity index (χ2n) is 7.94. The van der Waals surface area contributed by atoms with E-state index in [-0.39, 0.29) is 17.8 Å². The molecule has 1 aliphatic rings. The van der Waals surface area contributed by atoms with Gasteiger partial charge in [0.2, 0.25) is 0 Å². The monoisotopic (exact) mass is 487 g/mol. The van der Waals surface area contributed by atoms with Crippen molar-refractivity contribution in [1.82, 2.24) is 15.3 Å². The molecule has 2 aromatic heterocycles. The number of non-ortho nitro benzene ring substituents is 1. The van der Waals surface area contributed by atoms with Gasteiger partial charge >= 0.3 is 0 Å². The summed E-state index contributed by atoms with van der Waals surface area (Å²) in [5, 5.41) is 15.0. The predicted molar refractivity (Wildman–Crippen MR) is 137 cm³/mol. The molecule has 2 aromatic carbocycles. The number of nitro groups is 1. The third kappa shape index (κ3) is 4.40. The smallest absolute Gasteiger partial charge is 0.269 e. The van der Waals surface area contributed by atoms with Gasteiger partial charge in [-0.05, 0) is 79.8 Å². The summed E-state index contributed by atoms with van der Waals surface area (Å²) in [5.74, 6) is 0. The van der Waals surface area contributed by atoms with Crippen LogP contribution in [0.2, 0.25) is 0 Å². The lowest BCUT2D eigenvalue weighted by Gasteiger charge is -2.27. The summed E-state index contributed by atoms with van der Waals surface area (Å²) < 4.78 is 0. The van der Waals surface area contributed by atoms with Gasteiger partial charge in [0.05, 0.1) is 16.7 Å². The fourth-order valence-electron chi connectivity index (χ4n) is 4.09. The molecular weight excluding hydrogens is 466 g/mol. The molecule has 0 amide bonds. The summed E-state index contributed by atoms with van der Waals surface area (Å²) in [6.45, 7) is 2.04. The zero-order valence-electron chi connectivity index (χ0n) is 18.2. The van der Waals surface area contributed by atoms with Gasteiger partial charge in [-0.25, -0.2) is 0 Å². The molecule has 0 bridgehead atoms. The highest BCUT2D eigenvalue weighted by Crippen LogP contribution is 2.41. The Hall–Kier alpha value is -3.69. The first-order valence-corrected chi connectivity index (χ1v) is 11.9. The van der Waals surface area contributed by atoms with Crippen LogP contribution < -0.4 is 10.2 Å². The zero-order valence-corrected chi connectivity index (χ0v) is 19.8. The van der Waals surface area contributed by atoms with Gasteiger partial charge in [-0.15, -0.1) is 0 Å². The van der Waals surface area contributed by atoms with Crippen molar-refractivity contribution in [2.24, 2.45) is 0 Å². The number of hydrogen-bond donors (Lipinski definition) is 2. The average Bonchev–Trinajstić information content (AvgIpc) is 3.43. The van der Waals surface area contributed by atoms with Crippen LogP contribution in [0, 0.1) is 17.0 Å². The highest BCUT2D eigenvalue weighted by molar-refractivity contribution is 7.99. The molecule has 34 heavy (non-hydrogen) atoms. The highest BCUT2D eigenvalue weighted by Gasteiger charge is 2.41. The fraction of sp³-hybridized carbons (Fsp3) is 0.120. The maximum atomic E-state index is 10.9. The lowest BCUT2D eigenvalue weighted by molar-refractivity contribution is -0.384. The Morgan fingerprint density at radius 1 is 1.00 bits per heavy atom. The number of aromatic amines is 1. The van der Waals surface area contributed by atoms with Crippen LogP contribution in [-0.2, 0) is 0 Å². The molecule has 0 aliphatic carbocycles. The quantitative estimate of drug-likeness (QED) is 0.197. The van der Waals surface area contributed by atoms with Crippen molar-refractivity contribution in [3.05, 3.63) is 112 Å². The van der Waals surface area contributed by atoms with E-state index in [0.29, 0.717) is 5.11 Å². The number of nitrogens with zero attached hydrogens (tertiary/aromatic N) is 3. The summed E-state index contributed by atoms with van der Waals surface area (Å²) in [6.07, 6.45) is 1.80. The number of benzene rings is 2. The molecule has 170 valence electrons. The van der Waals surface area contributed by atoms with Crippen molar-refractivity contribution in [3.63, 3.8) is 0 Å². The Morgan fingerprint density at radius 3 is 2.29 bits per heavy atom. The van der Waals surface area contributed by atoms with Crippen molar-refractivity contribution in [3.8, 4) is 0 Å². The van der Waals surface area contributed by atoms with Gasteiger partial charge in [-0.2, -0.15) is 0 Å². The predicted octanol–water partition coefficient (Wildman–Crippen LogP) is 5.95. The average molecular weight is 488 g/mol. The van der Waals surface area contributed by atoms with Crippen LogP contribution in [0.4, 0.5) is 11.4 Å². The van der Waals surface area contributed by atoms with Gasteiger partial charge in [-0.3, -0.25) is 15.1 Å². The molecule has 4 aromatic rings. The minimum atomic E-state index is -0.392. The number of nitrogens with one attached hydrogen (secondary N) is 2. The normalized spacial score (nSPS) is 17.6. The zero-order chi connectivity index (χ0) is 23.7. The molecule has 0 radical (unpaired) electrons. The molecule has 1 aliphatic heterocycles. The van der Waals surface area contributed by atoms with E-state index in [4.69, 9.17) is 12.2 Å². The fourth-order valence-corrected chi connectivity index (χ4v) is 5.26. The SMILES string of the molecule is Cc1ccc([C@@H]2[C@H](c3ccccn3)NC(=S)N2c2ccc(Sc3ccc([N+](=O)[O-])cc3)cc2)[nH]1. The van der Waals surface area contributed by atoms with Crippen LogP contribution in [0.25, 0.3) is 0 Å². The summed E-state index contributed by atoms with van der Waals surface area (Å²) in [4.78, 5) is 22.6. The Balaban J connectivity index is 1.43. The summed E-state index contributed by atoms with van der Waals surface area (Å²) in [5.41, 5.74) is 4.13. The minimum Gasteiger partial charge on any atom is -0.361 e.